The number of alkyl halides is 3. The summed E-state index contributed by atoms with van der Waals surface area (Å²) < 4.78 is 46.4. The van der Waals surface area contributed by atoms with Gasteiger partial charge in [-0.2, -0.15) is 23.4 Å². The monoisotopic (exact) mass is 504 g/mol. The van der Waals surface area contributed by atoms with Crippen molar-refractivity contribution in [3.05, 3.63) is 18.5 Å². The molecule has 10 nitrogen and oxygen atoms in total. The van der Waals surface area contributed by atoms with E-state index in [1.54, 1.807) is 6.07 Å². The average molecular weight is 505 g/mol. The Balaban J connectivity index is 1.33. The third-order valence-electron chi connectivity index (χ3n) is 7.31. The van der Waals surface area contributed by atoms with E-state index >= 15 is 0 Å². The van der Waals surface area contributed by atoms with Crippen molar-refractivity contribution >= 4 is 28.4 Å². The number of pyridine rings is 1. The van der Waals surface area contributed by atoms with Gasteiger partial charge < -0.3 is 19.9 Å². The van der Waals surface area contributed by atoms with Gasteiger partial charge in [0.1, 0.15) is 12.2 Å². The summed E-state index contributed by atoms with van der Waals surface area (Å²) in [5.41, 5.74) is 1.51. The molecule has 2 saturated heterocycles. The standard InChI is InChI=1S/C23H27F3N8O2/c24-23(25,26)14-34-18-11-16(27-12-15(18)20(31-34)32-7-9-36-10-8-32)19-17(13-28-30-19)29-21(35)33-6-2-1-3-22(33)4-5-22/h11-13H,1-10,14H2,(H,28,30)(H,29,35). The zero-order chi connectivity index (χ0) is 24.9. The van der Waals surface area contributed by atoms with E-state index in [0.717, 1.165) is 36.8 Å². The Morgan fingerprint density at radius 1 is 1.14 bits per heavy atom. The second-order valence-corrected chi connectivity index (χ2v) is 9.70. The maximum atomic E-state index is 13.4. The van der Waals surface area contributed by atoms with Crippen molar-refractivity contribution in [2.45, 2.75) is 50.4 Å². The number of aromatic amines is 1. The second kappa shape index (κ2) is 8.64. The summed E-state index contributed by atoms with van der Waals surface area (Å²) in [4.78, 5) is 21.4. The first-order valence-electron chi connectivity index (χ1n) is 12.2. The molecule has 3 aromatic rings. The third kappa shape index (κ3) is 4.25. The van der Waals surface area contributed by atoms with Gasteiger partial charge in [-0.1, -0.05) is 0 Å². The van der Waals surface area contributed by atoms with Crippen LogP contribution >= 0.6 is 0 Å². The molecule has 1 saturated carbocycles. The number of carbonyl (C=O) groups excluding carboxylic acids is 1. The minimum atomic E-state index is -4.44. The van der Waals surface area contributed by atoms with Gasteiger partial charge in [0, 0.05) is 31.4 Å². The first kappa shape index (κ1) is 23.1. The summed E-state index contributed by atoms with van der Waals surface area (Å²) in [7, 11) is 0. The van der Waals surface area contributed by atoms with Gasteiger partial charge in [0.2, 0.25) is 0 Å². The van der Waals surface area contributed by atoms with Crippen LogP contribution < -0.4 is 10.2 Å². The number of hydrogen-bond acceptors (Lipinski definition) is 6. The number of likely N-dealkylation sites (tertiary alicyclic amines) is 1. The fraction of sp³-hybridized carbons (Fsp3) is 0.565. The molecule has 1 aliphatic carbocycles. The van der Waals surface area contributed by atoms with Gasteiger partial charge in [-0.05, 0) is 38.2 Å². The van der Waals surface area contributed by atoms with Crippen LogP contribution in [0.3, 0.4) is 0 Å². The molecule has 3 fully saturated rings. The lowest BCUT2D eigenvalue weighted by molar-refractivity contribution is -0.141. The number of morpholine rings is 1. The number of urea groups is 1. The molecule has 0 aromatic carbocycles. The quantitative estimate of drug-likeness (QED) is 0.561. The molecule has 0 atom stereocenters. The van der Waals surface area contributed by atoms with Crippen LogP contribution in [0.4, 0.5) is 29.5 Å². The second-order valence-electron chi connectivity index (χ2n) is 9.70. The predicted molar refractivity (Wildman–Crippen MR) is 126 cm³/mol. The molecule has 1 spiro atoms. The molecule has 0 unspecified atom stereocenters. The van der Waals surface area contributed by atoms with Crippen molar-refractivity contribution in [3.63, 3.8) is 0 Å². The Kier molecular flexibility index (Phi) is 5.54. The highest BCUT2D eigenvalue weighted by Crippen LogP contribution is 2.48. The summed E-state index contributed by atoms with van der Waals surface area (Å²) in [5.74, 6) is 0.453. The Morgan fingerprint density at radius 3 is 2.69 bits per heavy atom. The minimum absolute atomic E-state index is 0.0244. The maximum absolute atomic E-state index is 13.4. The number of hydrogen-bond donors (Lipinski definition) is 2. The van der Waals surface area contributed by atoms with E-state index < -0.39 is 12.7 Å². The lowest BCUT2D eigenvalue weighted by Crippen LogP contribution is -2.47. The predicted octanol–water partition coefficient (Wildman–Crippen LogP) is 3.77. The SMILES string of the molecule is O=C(Nc1cn[nH]c1-c1cc2c(cn1)c(N1CCOCC1)nn2CC(F)(F)F)N1CCCCC12CC2. The number of piperidine rings is 1. The van der Waals surface area contributed by atoms with Crippen molar-refractivity contribution < 1.29 is 22.7 Å². The molecule has 3 aliphatic rings. The normalized spacial score (nSPS) is 19.8. The number of ether oxygens (including phenoxy) is 1. The highest BCUT2D eigenvalue weighted by molar-refractivity contribution is 5.96. The molecule has 5 heterocycles. The molecule has 36 heavy (non-hydrogen) atoms. The van der Waals surface area contributed by atoms with Crippen molar-refractivity contribution in [1.82, 2.24) is 29.9 Å². The van der Waals surface area contributed by atoms with Crippen LogP contribution in [0.1, 0.15) is 32.1 Å². The van der Waals surface area contributed by atoms with Crippen LogP contribution in [0, 0.1) is 0 Å². The van der Waals surface area contributed by atoms with Crippen LogP contribution in [0.5, 0.6) is 0 Å². The maximum Gasteiger partial charge on any atom is 0.408 e. The first-order chi connectivity index (χ1) is 17.3. The number of fused-ring (bicyclic) bond motifs is 1. The van der Waals surface area contributed by atoms with E-state index in [1.807, 2.05) is 9.80 Å². The fourth-order valence-electron chi connectivity index (χ4n) is 5.32. The smallest absolute Gasteiger partial charge is 0.378 e. The van der Waals surface area contributed by atoms with Crippen LogP contribution in [-0.2, 0) is 11.3 Å². The topological polar surface area (TPSA) is 104 Å². The van der Waals surface area contributed by atoms with Gasteiger partial charge in [0.25, 0.3) is 0 Å². The van der Waals surface area contributed by atoms with E-state index in [2.05, 4.69) is 25.6 Å². The number of aromatic nitrogens is 5. The molecule has 2 N–H and O–H groups in total. The largest absolute Gasteiger partial charge is 0.408 e. The van der Waals surface area contributed by atoms with Crippen LogP contribution in [0.2, 0.25) is 0 Å². The molecule has 0 radical (unpaired) electrons. The lowest BCUT2D eigenvalue weighted by atomic mass is 10.0. The minimum Gasteiger partial charge on any atom is -0.378 e. The molecule has 2 aliphatic heterocycles. The Labute approximate surface area is 204 Å². The van der Waals surface area contributed by atoms with Gasteiger partial charge in [0.15, 0.2) is 5.82 Å². The van der Waals surface area contributed by atoms with Crippen LogP contribution in [-0.4, -0.2) is 80.5 Å². The summed E-state index contributed by atoms with van der Waals surface area (Å²) in [6, 6.07) is 1.37. The molecule has 3 aromatic heterocycles. The summed E-state index contributed by atoms with van der Waals surface area (Å²) in [5, 5.41) is 14.7. The number of amides is 2. The van der Waals surface area contributed by atoms with E-state index in [-0.39, 0.29) is 11.6 Å². The summed E-state index contributed by atoms with van der Waals surface area (Å²) in [6.45, 7) is 1.53. The van der Waals surface area contributed by atoms with Crippen LogP contribution in [0.25, 0.3) is 22.3 Å². The molecule has 2 amide bonds. The number of carbonyl (C=O) groups is 1. The Morgan fingerprint density at radius 2 is 1.94 bits per heavy atom. The lowest BCUT2D eigenvalue weighted by Gasteiger charge is -2.36. The van der Waals surface area contributed by atoms with Gasteiger partial charge >= 0.3 is 12.2 Å². The summed E-state index contributed by atoms with van der Waals surface area (Å²) in [6.07, 6.45) is 3.75. The zero-order valence-corrected chi connectivity index (χ0v) is 19.6. The van der Waals surface area contributed by atoms with E-state index in [9.17, 15) is 18.0 Å². The van der Waals surface area contributed by atoms with E-state index in [1.165, 1.54) is 12.4 Å². The molecular weight excluding hydrogens is 477 g/mol. The van der Waals surface area contributed by atoms with Crippen molar-refractivity contribution in [3.8, 4) is 11.4 Å². The number of rotatable bonds is 4. The molecular formula is C23H27F3N8O2. The van der Waals surface area contributed by atoms with Gasteiger partial charge in [-0.3, -0.25) is 14.8 Å². The Hall–Kier alpha value is -3.35. The van der Waals surface area contributed by atoms with E-state index in [4.69, 9.17) is 4.74 Å². The Bertz CT molecular complexity index is 1280. The van der Waals surface area contributed by atoms with Gasteiger partial charge in [-0.25, -0.2) is 4.79 Å². The van der Waals surface area contributed by atoms with Crippen molar-refractivity contribution in [2.75, 3.05) is 43.1 Å². The number of nitrogens with zero attached hydrogens (tertiary/aromatic N) is 6. The average Bonchev–Trinajstić information content (AvgIpc) is 3.31. The van der Waals surface area contributed by atoms with Gasteiger partial charge in [-0.15, -0.1) is 0 Å². The van der Waals surface area contributed by atoms with Gasteiger partial charge in [0.05, 0.1) is 41.7 Å². The molecule has 6 rings (SSSR count). The number of H-pyrrole nitrogens is 1. The third-order valence-corrected chi connectivity index (χ3v) is 7.31. The highest BCUT2D eigenvalue weighted by Gasteiger charge is 2.51. The summed E-state index contributed by atoms with van der Waals surface area (Å²) >= 11 is 0. The van der Waals surface area contributed by atoms with Crippen molar-refractivity contribution in [2.24, 2.45) is 0 Å². The van der Waals surface area contributed by atoms with E-state index in [0.29, 0.717) is 66.6 Å². The molecule has 192 valence electrons. The molecule has 13 heteroatoms. The van der Waals surface area contributed by atoms with Crippen molar-refractivity contribution in [1.29, 1.82) is 0 Å². The zero-order valence-electron chi connectivity index (χ0n) is 19.6. The molecule has 0 bridgehead atoms. The number of nitrogens with one attached hydrogen (secondary N) is 2. The fourth-order valence-corrected chi connectivity index (χ4v) is 5.32. The van der Waals surface area contributed by atoms with Crippen LogP contribution in [0.15, 0.2) is 18.5 Å². The number of anilines is 2. The highest BCUT2D eigenvalue weighted by atomic mass is 19.4. The number of halogens is 3. The first-order valence-corrected chi connectivity index (χ1v) is 12.2.